The van der Waals surface area contributed by atoms with Crippen LogP contribution in [-0.2, 0) is 0 Å². The standard InChI is InChI=1S/C10H12BrClN2O/c11-8-2-4-9(5-3-8)14-10(15)13-7-1-6-12/h2-5H,1,6-7H2,(H2,13,14,15). The van der Waals surface area contributed by atoms with E-state index in [0.717, 1.165) is 16.6 Å². The Kier molecular flexibility index (Phi) is 5.50. The minimum Gasteiger partial charge on any atom is -0.338 e. The highest BCUT2D eigenvalue weighted by atomic mass is 79.9. The third-order valence-corrected chi connectivity index (χ3v) is 2.49. The van der Waals surface area contributed by atoms with Gasteiger partial charge in [0.15, 0.2) is 0 Å². The van der Waals surface area contributed by atoms with Gasteiger partial charge in [-0.25, -0.2) is 4.79 Å². The van der Waals surface area contributed by atoms with Crippen LogP contribution in [0.15, 0.2) is 28.7 Å². The van der Waals surface area contributed by atoms with Crippen molar-refractivity contribution in [2.75, 3.05) is 17.7 Å². The molecule has 2 amide bonds. The maximum absolute atomic E-state index is 11.3. The van der Waals surface area contributed by atoms with Gasteiger partial charge in [0.1, 0.15) is 0 Å². The first-order valence-corrected chi connectivity index (χ1v) is 5.91. The number of carbonyl (C=O) groups excluding carboxylic acids is 1. The summed E-state index contributed by atoms with van der Waals surface area (Å²) in [4.78, 5) is 11.3. The van der Waals surface area contributed by atoms with Crippen LogP contribution in [-0.4, -0.2) is 18.5 Å². The summed E-state index contributed by atoms with van der Waals surface area (Å²) in [5.74, 6) is 0.554. The molecule has 82 valence electrons. The summed E-state index contributed by atoms with van der Waals surface area (Å²) in [5.41, 5.74) is 0.765. The van der Waals surface area contributed by atoms with Crippen LogP contribution in [0.3, 0.4) is 0 Å². The molecular formula is C10H12BrClN2O. The number of amides is 2. The van der Waals surface area contributed by atoms with Gasteiger partial charge in [-0.3, -0.25) is 0 Å². The number of benzene rings is 1. The van der Waals surface area contributed by atoms with E-state index < -0.39 is 0 Å². The van der Waals surface area contributed by atoms with Gasteiger partial charge in [0.2, 0.25) is 0 Å². The van der Waals surface area contributed by atoms with Gasteiger partial charge in [-0.1, -0.05) is 15.9 Å². The van der Waals surface area contributed by atoms with Crippen LogP contribution in [0, 0.1) is 0 Å². The average Bonchev–Trinajstić information content (AvgIpc) is 2.22. The summed E-state index contributed by atoms with van der Waals surface area (Å²) >= 11 is 8.81. The van der Waals surface area contributed by atoms with Crippen LogP contribution >= 0.6 is 27.5 Å². The molecule has 0 aliphatic carbocycles. The number of hydrogen-bond donors (Lipinski definition) is 2. The topological polar surface area (TPSA) is 41.1 Å². The molecule has 2 N–H and O–H groups in total. The van der Waals surface area contributed by atoms with Gasteiger partial charge in [-0.15, -0.1) is 11.6 Å². The number of urea groups is 1. The molecule has 1 rings (SSSR count). The van der Waals surface area contributed by atoms with E-state index in [-0.39, 0.29) is 6.03 Å². The Labute approximate surface area is 102 Å². The molecule has 3 nitrogen and oxygen atoms in total. The van der Waals surface area contributed by atoms with Gasteiger partial charge in [-0.05, 0) is 30.7 Å². The largest absolute Gasteiger partial charge is 0.338 e. The summed E-state index contributed by atoms with van der Waals surface area (Å²) in [5, 5.41) is 5.41. The monoisotopic (exact) mass is 290 g/mol. The second-order valence-electron chi connectivity index (χ2n) is 2.93. The van der Waals surface area contributed by atoms with Gasteiger partial charge >= 0.3 is 6.03 Å². The number of rotatable bonds is 4. The van der Waals surface area contributed by atoms with Gasteiger partial charge in [0.25, 0.3) is 0 Å². The Balaban J connectivity index is 2.34. The van der Waals surface area contributed by atoms with Gasteiger partial charge < -0.3 is 10.6 Å². The quantitative estimate of drug-likeness (QED) is 0.649. The lowest BCUT2D eigenvalue weighted by Gasteiger charge is -2.06. The first kappa shape index (κ1) is 12.3. The number of anilines is 1. The molecule has 0 aromatic heterocycles. The van der Waals surface area contributed by atoms with E-state index in [2.05, 4.69) is 26.6 Å². The highest BCUT2D eigenvalue weighted by Crippen LogP contribution is 2.13. The molecule has 5 heteroatoms. The number of carbonyl (C=O) groups is 1. The van der Waals surface area contributed by atoms with Crippen molar-refractivity contribution in [3.8, 4) is 0 Å². The Hall–Kier alpha value is -0.740. The van der Waals surface area contributed by atoms with Crippen molar-refractivity contribution in [2.45, 2.75) is 6.42 Å². The van der Waals surface area contributed by atoms with Crippen molar-refractivity contribution >= 4 is 39.2 Å². The van der Waals surface area contributed by atoms with E-state index >= 15 is 0 Å². The zero-order chi connectivity index (χ0) is 11.1. The molecule has 15 heavy (non-hydrogen) atoms. The first-order chi connectivity index (χ1) is 7.22. The second kappa shape index (κ2) is 6.69. The van der Waals surface area contributed by atoms with E-state index in [4.69, 9.17) is 11.6 Å². The highest BCUT2D eigenvalue weighted by molar-refractivity contribution is 9.10. The molecule has 1 aromatic rings. The maximum Gasteiger partial charge on any atom is 0.319 e. The highest BCUT2D eigenvalue weighted by Gasteiger charge is 1.99. The second-order valence-corrected chi connectivity index (χ2v) is 4.22. The lowest BCUT2D eigenvalue weighted by Crippen LogP contribution is -2.29. The summed E-state index contributed by atoms with van der Waals surface area (Å²) in [6.07, 6.45) is 0.773. The third kappa shape index (κ3) is 5.04. The van der Waals surface area contributed by atoms with Crippen molar-refractivity contribution in [2.24, 2.45) is 0 Å². The summed E-state index contributed by atoms with van der Waals surface area (Å²) in [7, 11) is 0. The fourth-order valence-corrected chi connectivity index (χ4v) is 1.38. The minimum absolute atomic E-state index is 0.206. The van der Waals surface area contributed by atoms with Crippen molar-refractivity contribution in [3.63, 3.8) is 0 Å². The van der Waals surface area contributed by atoms with Crippen molar-refractivity contribution in [1.29, 1.82) is 0 Å². The van der Waals surface area contributed by atoms with E-state index in [1.807, 2.05) is 24.3 Å². The van der Waals surface area contributed by atoms with Crippen LogP contribution in [0.4, 0.5) is 10.5 Å². The zero-order valence-corrected chi connectivity index (χ0v) is 10.4. The molecule has 0 atom stereocenters. The molecular weight excluding hydrogens is 279 g/mol. The molecule has 0 heterocycles. The Morgan fingerprint density at radius 1 is 1.33 bits per heavy atom. The van der Waals surface area contributed by atoms with Gasteiger partial charge in [-0.2, -0.15) is 0 Å². The van der Waals surface area contributed by atoms with Crippen LogP contribution < -0.4 is 10.6 Å². The molecule has 0 radical (unpaired) electrons. The Morgan fingerprint density at radius 2 is 2.00 bits per heavy atom. The van der Waals surface area contributed by atoms with E-state index in [1.54, 1.807) is 0 Å². The summed E-state index contributed by atoms with van der Waals surface area (Å²) < 4.78 is 0.982. The molecule has 0 spiro atoms. The molecule has 1 aromatic carbocycles. The minimum atomic E-state index is -0.206. The van der Waals surface area contributed by atoms with E-state index in [0.29, 0.717) is 12.4 Å². The summed E-state index contributed by atoms with van der Waals surface area (Å²) in [6, 6.07) is 7.18. The van der Waals surface area contributed by atoms with Crippen LogP contribution in [0.5, 0.6) is 0 Å². The number of hydrogen-bond acceptors (Lipinski definition) is 1. The average molecular weight is 292 g/mol. The Bertz CT molecular complexity index is 316. The molecule has 0 saturated carbocycles. The number of alkyl halides is 1. The van der Waals surface area contributed by atoms with Gasteiger partial charge in [0.05, 0.1) is 0 Å². The van der Waals surface area contributed by atoms with Gasteiger partial charge in [0, 0.05) is 22.6 Å². The fourth-order valence-electron chi connectivity index (χ4n) is 0.977. The van der Waals surface area contributed by atoms with Crippen molar-refractivity contribution in [3.05, 3.63) is 28.7 Å². The third-order valence-electron chi connectivity index (χ3n) is 1.70. The maximum atomic E-state index is 11.3. The van der Waals surface area contributed by atoms with E-state index in [1.165, 1.54) is 0 Å². The SMILES string of the molecule is O=C(NCCCCl)Nc1ccc(Br)cc1. The fraction of sp³-hybridized carbons (Fsp3) is 0.300. The van der Waals surface area contributed by atoms with Crippen molar-refractivity contribution < 1.29 is 4.79 Å². The van der Waals surface area contributed by atoms with Crippen LogP contribution in [0.1, 0.15) is 6.42 Å². The zero-order valence-electron chi connectivity index (χ0n) is 8.09. The van der Waals surface area contributed by atoms with Crippen LogP contribution in [0.25, 0.3) is 0 Å². The molecule has 0 aliphatic heterocycles. The lowest BCUT2D eigenvalue weighted by atomic mass is 10.3. The first-order valence-electron chi connectivity index (χ1n) is 4.59. The van der Waals surface area contributed by atoms with Crippen LogP contribution in [0.2, 0.25) is 0 Å². The molecule has 0 aliphatic rings. The molecule has 0 saturated heterocycles. The predicted molar refractivity (Wildman–Crippen MR) is 66.5 cm³/mol. The number of nitrogens with one attached hydrogen (secondary N) is 2. The van der Waals surface area contributed by atoms with Crippen molar-refractivity contribution in [1.82, 2.24) is 5.32 Å². The Morgan fingerprint density at radius 3 is 2.60 bits per heavy atom. The molecule has 0 bridgehead atoms. The van der Waals surface area contributed by atoms with E-state index in [9.17, 15) is 4.79 Å². The predicted octanol–water partition coefficient (Wildman–Crippen LogP) is 3.20. The number of halogens is 2. The normalized spacial score (nSPS) is 9.73. The smallest absolute Gasteiger partial charge is 0.319 e. The summed E-state index contributed by atoms with van der Waals surface area (Å²) in [6.45, 7) is 0.589. The molecule has 0 fully saturated rings. The molecule has 0 unspecified atom stereocenters. The lowest BCUT2D eigenvalue weighted by molar-refractivity contribution is 0.252.